The molecule has 22 heavy (non-hydrogen) atoms. The molecular formula is C18H27ClN2O. The number of piperidine rings is 1. The first-order chi connectivity index (χ1) is 10.1. The summed E-state index contributed by atoms with van der Waals surface area (Å²) in [5.74, 6) is 1.14. The van der Waals surface area contributed by atoms with Crippen molar-refractivity contribution in [3.8, 4) is 0 Å². The molecule has 1 heterocycles. The molecule has 122 valence electrons. The van der Waals surface area contributed by atoms with Gasteiger partial charge in [-0.15, -0.1) is 12.4 Å². The van der Waals surface area contributed by atoms with Crippen molar-refractivity contribution in [3.05, 3.63) is 34.9 Å². The number of benzene rings is 1. The van der Waals surface area contributed by atoms with Gasteiger partial charge in [0, 0.05) is 24.7 Å². The molecule has 2 aliphatic rings. The second kappa shape index (κ2) is 7.47. The number of rotatable bonds is 4. The van der Waals surface area contributed by atoms with E-state index in [0.717, 1.165) is 43.0 Å². The van der Waals surface area contributed by atoms with Crippen molar-refractivity contribution < 1.29 is 4.79 Å². The fraction of sp³-hybridized carbons (Fsp3) is 0.611. The monoisotopic (exact) mass is 322 g/mol. The van der Waals surface area contributed by atoms with Crippen molar-refractivity contribution in [2.75, 3.05) is 19.6 Å². The summed E-state index contributed by atoms with van der Waals surface area (Å²) in [6.07, 6.45) is 4.97. The predicted molar refractivity (Wildman–Crippen MR) is 92.8 cm³/mol. The average Bonchev–Trinajstić information content (AvgIpc) is 3.32. The van der Waals surface area contributed by atoms with Gasteiger partial charge in [0.1, 0.15) is 0 Å². The summed E-state index contributed by atoms with van der Waals surface area (Å²) in [6.45, 7) is 7.06. The Bertz CT molecular complexity index is 520. The third-order valence-corrected chi connectivity index (χ3v) is 5.01. The van der Waals surface area contributed by atoms with Crippen LogP contribution in [0.1, 0.15) is 47.2 Å². The van der Waals surface area contributed by atoms with E-state index in [0.29, 0.717) is 6.04 Å². The molecule has 0 atom stereocenters. The zero-order chi connectivity index (χ0) is 14.8. The van der Waals surface area contributed by atoms with E-state index in [1.807, 2.05) is 24.0 Å². The van der Waals surface area contributed by atoms with Crippen LogP contribution < -0.4 is 5.32 Å². The molecule has 1 aliphatic heterocycles. The highest BCUT2D eigenvalue weighted by Gasteiger charge is 2.26. The smallest absolute Gasteiger partial charge is 0.254 e. The molecule has 0 bridgehead atoms. The molecule has 4 heteroatoms. The molecule has 0 unspecified atom stereocenters. The van der Waals surface area contributed by atoms with Crippen molar-refractivity contribution in [2.24, 2.45) is 5.92 Å². The summed E-state index contributed by atoms with van der Waals surface area (Å²) in [4.78, 5) is 14.7. The van der Waals surface area contributed by atoms with Gasteiger partial charge < -0.3 is 10.2 Å². The van der Waals surface area contributed by atoms with Crippen LogP contribution >= 0.6 is 12.4 Å². The van der Waals surface area contributed by atoms with Gasteiger partial charge in [0.05, 0.1) is 0 Å². The number of hydrogen-bond acceptors (Lipinski definition) is 2. The molecule has 1 amide bonds. The normalized spacial score (nSPS) is 18.9. The lowest BCUT2D eigenvalue weighted by Gasteiger charge is -2.33. The van der Waals surface area contributed by atoms with Crippen LogP contribution in [0.25, 0.3) is 0 Å². The fourth-order valence-electron chi connectivity index (χ4n) is 3.10. The Morgan fingerprint density at radius 2 is 1.86 bits per heavy atom. The number of hydrogen-bond donors (Lipinski definition) is 1. The topological polar surface area (TPSA) is 32.3 Å². The minimum atomic E-state index is 0. The second-order valence-corrected chi connectivity index (χ2v) is 6.67. The van der Waals surface area contributed by atoms with Crippen molar-refractivity contribution in [2.45, 2.75) is 45.6 Å². The van der Waals surface area contributed by atoms with Crippen LogP contribution in [0.15, 0.2) is 18.2 Å². The third kappa shape index (κ3) is 4.02. The van der Waals surface area contributed by atoms with Crippen LogP contribution in [0.2, 0.25) is 0 Å². The van der Waals surface area contributed by atoms with Crippen LogP contribution in [0.5, 0.6) is 0 Å². The lowest BCUT2D eigenvalue weighted by molar-refractivity contribution is 0.0704. The molecular weight excluding hydrogens is 296 g/mol. The van der Waals surface area contributed by atoms with Gasteiger partial charge in [-0.1, -0.05) is 12.1 Å². The van der Waals surface area contributed by atoms with E-state index < -0.39 is 0 Å². The number of aryl methyl sites for hydroxylation is 1. The molecule has 1 aromatic carbocycles. The predicted octanol–water partition coefficient (Wildman–Crippen LogP) is 3.33. The summed E-state index contributed by atoms with van der Waals surface area (Å²) >= 11 is 0. The Hall–Kier alpha value is -1.06. The number of carbonyl (C=O) groups is 1. The number of amides is 1. The van der Waals surface area contributed by atoms with Crippen LogP contribution in [0.3, 0.4) is 0 Å². The minimum absolute atomic E-state index is 0. The van der Waals surface area contributed by atoms with Crippen LogP contribution in [0, 0.1) is 19.8 Å². The molecule has 3 nitrogen and oxygen atoms in total. The van der Waals surface area contributed by atoms with E-state index in [4.69, 9.17) is 0 Å². The zero-order valence-corrected chi connectivity index (χ0v) is 14.4. The van der Waals surface area contributed by atoms with Gasteiger partial charge in [0.2, 0.25) is 0 Å². The van der Waals surface area contributed by atoms with Crippen molar-refractivity contribution >= 4 is 18.3 Å². The number of carbonyl (C=O) groups excluding carboxylic acids is 1. The third-order valence-electron chi connectivity index (χ3n) is 5.01. The van der Waals surface area contributed by atoms with Crippen molar-refractivity contribution in [3.63, 3.8) is 0 Å². The van der Waals surface area contributed by atoms with E-state index in [1.165, 1.54) is 24.9 Å². The van der Waals surface area contributed by atoms with E-state index >= 15 is 0 Å². The molecule has 1 aliphatic carbocycles. The van der Waals surface area contributed by atoms with Gasteiger partial charge >= 0.3 is 0 Å². The van der Waals surface area contributed by atoms with Crippen LogP contribution in [0.4, 0.5) is 0 Å². The second-order valence-electron chi connectivity index (χ2n) is 6.67. The molecule has 2 fully saturated rings. The van der Waals surface area contributed by atoms with E-state index in [2.05, 4.69) is 18.3 Å². The Balaban J connectivity index is 0.00000176. The zero-order valence-electron chi connectivity index (χ0n) is 13.6. The number of nitrogens with one attached hydrogen (secondary N) is 1. The lowest BCUT2D eigenvalue weighted by atomic mass is 10.00. The summed E-state index contributed by atoms with van der Waals surface area (Å²) in [7, 11) is 0. The molecule has 1 saturated carbocycles. The summed E-state index contributed by atoms with van der Waals surface area (Å²) in [6, 6.07) is 6.62. The minimum Gasteiger partial charge on any atom is -0.339 e. The molecule has 0 aromatic heterocycles. The Morgan fingerprint density at radius 3 is 2.50 bits per heavy atom. The maximum Gasteiger partial charge on any atom is 0.254 e. The number of halogens is 1. The maximum absolute atomic E-state index is 12.7. The molecule has 1 aromatic rings. The van der Waals surface area contributed by atoms with Gasteiger partial charge in [0.25, 0.3) is 5.91 Å². The first kappa shape index (κ1) is 17.3. The number of likely N-dealkylation sites (tertiary alicyclic amines) is 1. The van der Waals surface area contributed by atoms with E-state index in [-0.39, 0.29) is 18.3 Å². The molecule has 3 rings (SSSR count). The standard InChI is InChI=1S/C18H26N2O.ClH/c1-13-4-3-5-17(14(13)2)18(21)20-10-8-16(9-11-20)19-12-15-6-7-15;/h3-5,15-16,19H,6-12H2,1-2H3;1H. The quantitative estimate of drug-likeness (QED) is 0.922. The van der Waals surface area contributed by atoms with Crippen molar-refractivity contribution in [1.82, 2.24) is 10.2 Å². The maximum atomic E-state index is 12.7. The molecule has 1 saturated heterocycles. The van der Waals surface area contributed by atoms with Gasteiger partial charge in [-0.25, -0.2) is 0 Å². The highest BCUT2D eigenvalue weighted by atomic mass is 35.5. The highest BCUT2D eigenvalue weighted by Crippen LogP contribution is 2.28. The molecule has 1 N–H and O–H groups in total. The lowest BCUT2D eigenvalue weighted by Crippen LogP contribution is -2.45. The van der Waals surface area contributed by atoms with Gasteiger partial charge in [-0.05, 0) is 69.2 Å². The summed E-state index contributed by atoms with van der Waals surface area (Å²) < 4.78 is 0. The fourth-order valence-corrected chi connectivity index (χ4v) is 3.10. The SMILES string of the molecule is Cc1cccc(C(=O)N2CCC(NCC3CC3)CC2)c1C.Cl. The van der Waals surface area contributed by atoms with Crippen LogP contribution in [-0.2, 0) is 0 Å². The Kier molecular flexibility index (Phi) is 5.87. The van der Waals surface area contributed by atoms with Crippen LogP contribution in [-0.4, -0.2) is 36.5 Å². The molecule has 0 spiro atoms. The largest absolute Gasteiger partial charge is 0.339 e. The molecule has 0 radical (unpaired) electrons. The van der Waals surface area contributed by atoms with E-state index in [9.17, 15) is 4.79 Å². The van der Waals surface area contributed by atoms with Gasteiger partial charge in [0.15, 0.2) is 0 Å². The summed E-state index contributed by atoms with van der Waals surface area (Å²) in [5.41, 5.74) is 3.19. The number of nitrogens with zero attached hydrogens (tertiary/aromatic N) is 1. The first-order valence-electron chi connectivity index (χ1n) is 8.24. The highest BCUT2D eigenvalue weighted by molar-refractivity contribution is 5.96. The van der Waals surface area contributed by atoms with Gasteiger partial charge in [-0.3, -0.25) is 4.79 Å². The first-order valence-corrected chi connectivity index (χ1v) is 8.24. The Labute approximate surface area is 139 Å². The summed E-state index contributed by atoms with van der Waals surface area (Å²) in [5, 5.41) is 3.67. The average molecular weight is 323 g/mol. The van der Waals surface area contributed by atoms with Crippen molar-refractivity contribution in [1.29, 1.82) is 0 Å². The Morgan fingerprint density at radius 1 is 1.18 bits per heavy atom. The van der Waals surface area contributed by atoms with Gasteiger partial charge in [-0.2, -0.15) is 0 Å². The van der Waals surface area contributed by atoms with E-state index in [1.54, 1.807) is 0 Å².